The zero-order valence-corrected chi connectivity index (χ0v) is 11.5. The molecule has 4 fully saturated rings. The third-order valence-corrected chi connectivity index (χ3v) is 5.31. The second kappa shape index (κ2) is 4.67. The number of carbonyl (C=O) groups is 1. The van der Waals surface area contributed by atoms with Gasteiger partial charge in [-0.1, -0.05) is 0 Å². The fourth-order valence-electron chi connectivity index (χ4n) is 5.14. The molecule has 4 bridgehead atoms. The largest absolute Gasteiger partial charge is 0.463 e. The molecule has 0 N–H and O–H groups in total. The number of hydrogen-bond donors (Lipinski definition) is 0. The van der Waals surface area contributed by atoms with Crippen molar-refractivity contribution in [2.45, 2.75) is 45.4 Å². The zero-order valence-electron chi connectivity index (χ0n) is 11.5. The van der Waals surface area contributed by atoms with Crippen LogP contribution in [-0.4, -0.2) is 12.6 Å². The third-order valence-electron chi connectivity index (χ3n) is 5.31. The summed E-state index contributed by atoms with van der Waals surface area (Å²) in [5, 5.41) is 9.02. The molecule has 0 saturated heterocycles. The van der Waals surface area contributed by atoms with E-state index in [9.17, 15) is 4.79 Å². The van der Waals surface area contributed by atoms with E-state index in [1.165, 1.54) is 25.3 Å². The van der Waals surface area contributed by atoms with Gasteiger partial charge in [-0.25, -0.2) is 4.79 Å². The predicted molar refractivity (Wildman–Crippen MR) is 70.9 cm³/mol. The maximum atomic E-state index is 12.2. The monoisotopic (exact) mass is 259 g/mol. The molecule has 3 heteroatoms. The highest BCUT2D eigenvalue weighted by Gasteiger charge is 2.54. The molecule has 3 nitrogen and oxygen atoms in total. The van der Waals surface area contributed by atoms with Crippen LogP contribution in [0.3, 0.4) is 0 Å². The molecule has 0 aliphatic heterocycles. The van der Waals surface area contributed by atoms with Crippen LogP contribution in [0.1, 0.15) is 45.4 Å². The number of hydrogen-bond acceptors (Lipinski definition) is 3. The van der Waals surface area contributed by atoms with Gasteiger partial charge in [-0.05, 0) is 63.2 Å². The van der Waals surface area contributed by atoms with Gasteiger partial charge in [0.15, 0.2) is 0 Å². The Balaban J connectivity index is 1.92. The highest BCUT2D eigenvalue weighted by atomic mass is 16.5. The van der Waals surface area contributed by atoms with E-state index in [4.69, 9.17) is 10.00 Å². The Labute approximate surface area is 114 Å². The van der Waals surface area contributed by atoms with E-state index in [0.717, 1.165) is 37.0 Å². The Bertz CT molecular complexity index is 423. The van der Waals surface area contributed by atoms with Crippen LogP contribution in [-0.2, 0) is 9.53 Å². The number of ether oxygens (including phenoxy) is 1. The van der Waals surface area contributed by atoms with Crippen molar-refractivity contribution in [2.75, 3.05) is 6.61 Å². The van der Waals surface area contributed by atoms with Crippen molar-refractivity contribution < 1.29 is 9.53 Å². The maximum Gasteiger partial charge on any atom is 0.335 e. The van der Waals surface area contributed by atoms with E-state index in [-0.39, 0.29) is 11.4 Å². The van der Waals surface area contributed by atoms with E-state index in [1.807, 2.05) is 6.92 Å². The molecule has 19 heavy (non-hydrogen) atoms. The Morgan fingerprint density at radius 3 is 2.21 bits per heavy atom. The minimum absolute atomic E-state index is 0.0449. The number of rotatable bonds is 3. The van der Waals surface area contributed by atoms with Crippen LogP contribution in [0.2, 0.25) is 0 Å². The van der Waals surface area contributed by atoms with Gasteiger partial charge < -0.3 is 4.74 Å². The molecule has 0 amide bonds. The topological polar surface area (TPSA) is 50.1 Å². The molecule has 0 radical (unpaired) electrons. The highest BCUT2D eigenvalue weighted by molar-refractivity contribution is 5.90. The van der Waals surface area contributed by atoms with E-state index in [1.54, 1.807) is 0 Å². The summed E-state index contributed by atoms with van der Waals surface area (Å²) in [4.78, 5) is 12.2. The number of allylic oxidation sites excluding steroid dienone is 1. The molecule has 0 atom stereocenters. The Morgan fingerprint density at radius 2 is 1.79 bits per heavy atom. The lowest BCUT2D eigenvalue weighted by atomic mass is 9.47. The minimum Gasteiger partial charge on any atom is -0.463 e. The summed E-state index contributed by atoms with van der Waals surface area (Å²) < 4.78 is 5.19. The highest BCUT2D eigenvalue weighted by Crippen LogP contribution is 2.62. The van der Waals surface area contributed by atoms with Crippen molar-refractivity contribution in [3.8, 4) is 6.07 Å². The maximum absolute atomic E-state index is 12.2. The molecule has 0 aromatic heterocycles. The predicted octanol–water partition coefficient (Wildman–Crippen LogP) is 3.22. The summed E-state index contributed by atoms with van der Waals surface area (Å²) in [6.07, 6.45) is 8.73. The normalized spacial score (nSPS) is 40.0. The van der Waals surface area contributed by atoms with Gasteiger partial charge in [0, 0.05) is 11.5 Å². The standard InChI is InChI=1S/C16H21NO2/c1-2-19-15(18)14(3-4-17)16-8-11-5-12(9-16)7-13(6-11)10-16/h3,11-13H,2,5-10H2,1H3/b14-3+. The molecule has 102 valence electrons. The molecular weight excluding hydrogens is 238 g/mol. The Morgan fingerprint density at radius 1 is 1.26 bits per heavy atom. The first-order valence-corrected chi connectivity index (χ1v) is 7.44. The molecule has 0 unspecified atom stereocenters. The van der Waals surface area contributed by atoms with Crippen molar-refractivity contribution in [2.24, 2.45) is 23.2 Å². The van der Waals surface area contributed by atoms with Crippen LogP contribution in [0.15, 0.2) is 11.6 Å². The van der Waals surface area contributed by atoms with Gasteiger partial charge >= 0.3 is 5.97 Å². The zero-order chi connectivity index (χ0) is 13.5. The van der Waals surface area contributed by atoms with Crippen LogP contribution in [0.4, 0.5) is 0 Å². The molecular formula is C16H21NO2. The molecule has 4 rings (SSSR count). The van der Waals surface area contributed by atoms with Crippen LogP contribution in [0.25, 0.3) is 0 Å². The van der Waals surface area contributed by atoms with Gasteiger partial charge in [0.1, 0.15) is 0 Å². The van der Waals surface area contributed by atoms with Crippen molar-refractivity contribution >= 4 is 5.97 Å². The molecule has 0 aromatic carbocycles. The fraction of sp³-hybridized carbons (Fsp3) is 0.750. The van der Waals surface area contributed by atoms with Crippen molar-refractivity contribution in [1.29, 1.82) is 5.26 Å². The van der Waals surface area contributed by atoms with E-state index in [0.29, 0.717) is 12.2 Å². The summed E-state index contributed by atoms with van der Waals surface area (Å²) in [7, 11) is 0. The summed E-state index contributed by atoms with van der Waals surface area (Å²) in [5.41, 5.74) is 0.618. The number of carbonyl (C=O) groups excluding carboxylic acids is 1. The van der Waals surface area contributed by atoms with Crippen molar-refractivity contribution in [3.05, 3.63) is 11.6 Å². The quantitative estimate of drug-likeness (QED) is 0.444. The lowest BCUT2D eigenvalue weighted by Gasteiger charge is -2.57. The van der Waals surface area contributed by atoms with E-state index < -0.39 is 0 Å². The Kier molecular flexibility index (Phi) is 3.12. The third kappa shape index (κ3) is 2.08. The SMILES string of the molecule is CCOC(=O)/C(=C\C#N)C12CC3CC(CC(C3)C1)C2. The second-order valence-electron chi connectivity index (χ2n) is 6.61. The summed E-state index contributed by atoms with van der Waals surface area (Å²) in [5.74, 6) is 2.04. The van der Waals surface area contributed by atoms with Gasteiger partial charge in [-0.3, -0.25) is 0 Å². The lowest BCUT2D eigenvalue weighted by molar-refractivity contribution is -0.142. The van der Waals surface area contributed by atoms with Gasteiger partial charge in [0.2, 0.25) is 0 Å². The van der Waals surface area contributed by atoms with Crippen LogP contribution in [0.5, 0.6) is 0 Å². The molecule has 0 spiro atoms. The number of esters is 1. The van der Waals surface area contributed by atoms with Crippen LogP contribution >= 0.6 is 0 Å². The lowest BCUT2D eigenvalue weighted by Crippen LogP contribution is -2.48. The molecule has 4 aliphatic rings. The summed E-state index contributed by atoms with van der Waals surface area (Å²) >= 11 is 0. The van der Waals surface area contributed by atoms with Gasteiger partial charge in [0.05, 0.1) is 18.2 Å². The van der Waals surface area contributed by atoms with Crippen molar-refractivity contribution in [3.63, 3.8) is 0 Å². The minimum atomic E-state index is -0.258. The average molecular weight is 259 g/mol. The van der Waals surface area contributed by atoms with Crippen molar-refractivity contribution in [1.82, 2.24) is 0 Å². The molecule has 4 saturated carbocycles. The first-order valence-electron chi connectivity index (χ1n) is 7.44. The summed E-state index contributed by atoms with van der Waals surface area (Å²) in [6.45, 7) is 2.20. The Hall–Kier alpha value is -1.30. The first-order chi connectivity index (χ1) is 9.16. The number of nitrogens with zero attached hydrogens (tertiary/aromatic N) is 1. The van der Waals surface area contributed by atoms with E-state index >= 15 is 0 Å². The molecule has 4 aliphatic carbocycles. The smallest absolute Gasteiger partial charge is 0.335 e. The average Bonchev–Trinajstić information content (AvgIpc) is 2.34. The van der Waals surface area contributed by atoms with Crippen LogP contribution < -0.4 is 0 Å². The second-order valence-corrected chi connectivity index (χ2v) is 6.61. The fourth-order valence-corrected chi connectivity index (χ4v) is 5.14. The summed E-state index contributed by atoms with van der Waals surface area (Å²) in [6, 6.07) is 2.07. The van der Waals surface area contributed by atoms with Gasteiger partial charge in [0.25, 0.3) is 0 Å². The number of nitriles is 1. The first kappa shape index (κ1) is 12.7. The van der Waals surface area contributed by atoms with Gasteiger partial charge in [-0.2, -0.15) is 5.26 Å². The molecule has 0 aromatic rings. The van der Waals surface area contributed by atoms with E-state index in [2.05, 4.69) is 6.07 Å². The molecule has 0 heterocycles. The van der Waals surface area contributed by atoms with Gasteiger partial charge in [-0.15, -0.1) is 0 Å². The van der Waals surface area contributed by atoms with Crippen LogP contribution in [0, 0.1) is 34.5 Å².